The highest BCUT2D eigenvalue weighted by molar-refractivity contribution is 5.86. The Hall–Kier alpha value is -1.32. The lowest BCUT2D eigenvalue weighted by Gasteiger charge is -2.01. The van der Waals surface area contributed by atoms with Crippen LogP contribution in [0.25, 0.3) is 0 Å². The molecule has 0 radical (unpaired) electrons. The van der Waals surface area contributed by atoms with Gasteiger partial charge in [-0.1, -0.05) is 6.08 Å². The highest BCUT2D eigenvalue weighted by Gasteiger charge is 2.29. The topological polar surface area (TPSA) is 58.2 Å². The summed E-state index contributed by atoms with van der Waals surface area (Å²) in [5, 5.41) is 5.08. The first-order valence-electron chi connectivity index (χ1n) is 3.40. The Morgan fingerprint density at radius 1 is 1.73 bits per heavy atom. The first kappa shape index (κ1) is 7.78. The third-order valence-electron chi connectivity index (χ3n) is 1.69. The number of carbonyl (C=O) groups excluding carboxylic acids is 2. The predicted octanol–water partition coefficient (Wildman–Crippen LogP) is -0.825. The highest BCUT2D eigenvalue weighted by atomic mass is 16.2. The van der Waals surface area contributed by atoms with Crippen molar-refractivity contribution in [2.75, 3.05) is 0 Å². The van der Waals surface area contributed by atoms with E-state index in [9.17, 15) is 9.59 Å². The quantitative estimate of drug-likeness (QED) is 0.412. The van der Waals surface area contributed by atoms with E-state index in [0.29, 0.717) is 12.8 Å². The summed E-state index contributed by atoms with van der Waals surface area (Å²) < 4.78 is 0. The van der Waals surface area contributed by atoms with Crippen LogP contribution in [0.5, 0.6) is 0 Å². The molecule has 60 valence electrons. The minimum Gasteiger partial charge on any atom is -0.348 e. The first-order chi connectivity index (χ1) is 5.27. The normalized spacial score (nSPS) is 29.3. The van der Waals surface area contributed by atoms with Gasteiger partial charge in [0, 0.05) is 12.5 Å². The molecule has 0 bridgehead atoms. The summed E-state index contributed by atoms with van der Waals surface area (Å²) in [6.07, 6.45) is 2.79. The highest BCUT2D eigenvalue weighted by Crippen LogP contribution is 2.07. The fourth-order valence-corrected chi connectivity index (χ4v) is 1.08. The summed E-state index contributed by atoms with van der Waals surface area (Å²) in [7, 11) is 0. The molecule has 2 amide bonds. The Bertz CT molecular complexity index is 191. The number of amides is 2. The van der Waals surface area contributed by atoms with Crippen LogP contribution in [0.4, 0.5) is 0 Å². The van der Waals surface area contributed by atoms with Crippen LogP contribution in [-0.2, 0) is 9.59 Å². The predicted molar refractivity (Wildman–Crippen MR) is 39.7 cm³/mol. The van der Waals surface area contributed by atoms with Crippen molar-refractivity contribution in [3.63, 3.8) is 0 Å². The maximum Gasteiger partial charge on any atom is 0.243 e. The van der Waals surface area contributed by atoms with Gasteiger partial charge in [-0.2, -0.15) is 0 Å². The zero-order valence-corrected chi connectivity index (χ0v) is 6.04. The van der Waals surface area contributed by atoms with E-state index in [0.717, 1.165) is 0 Å². The van der Waals surface area contributed by atoms with Gasteiger partial charge in [-0.25, -0.2) is 0 Å². The van der Waals surface area contributed by atoms with Crippen molar-refractivity contribution in [1.29, 1.82) is 0 Å². The lowest BCUT2D eigenvalue weighted by Crippen LogP contribution is -2.35. The fourth-order valence-electron chi connectivity index (χ4n) is 1.08. The SMILES string of the molecule is C=CC1CC(NC=O)C(=O)N1. The molecule has 0 aromatic rings. The van der Waals surface area contributed by atoms with Crippen molar-refractivity contribution in [2.45, 2.75) is 18.5 Å². The molecule has 0 spiro atoms. The summed E-state index contributed by atoms with van der Waals surface area (Å²) in [4.78, 5) is 20.9. The Balaban J connectivity index is 2.50. The van der Waals surface area contributed by atoms with Gasteiger partial charge in [0.2, 0.25) is 12.3 Å². The standard InChI is InChI=1S/C7H10N2O2/c1-2-5-3-6(8-4-10)7(11)9-5/h2,4-6H,1,3H2,(H,8,10)(H,9,11). The van der Waals surface area contributed by atoms with E-state index in [-0.39, 0.29) is 18.0 Å². The maximum absolute atomic E-state index is 11.0. The molecule has 1 fully saturated rings. The Kier molecular flexibility index (Phi) is 2.25. The van der Waals surface area contributed by atoms with Gasteiger partial charge in [0.1, 0.15) is 6.04 Å². The van der Waals surface area contributed by atoms with Gasteiger partial charge in [-0.05, 0) is 0 Å². The monoisotopic (exact) mass is 154 g/mol. The average molecular weight is 154 g/mol. The molecule has 1 saturated heterocycles. The Labute approximate surface area is 64.7 Å². The van der Waals surface area contributed by atoms with Crippen molar-refractivity contribution in [1.82, 2.24) is 10.6 Å². The van der Waals surface area contributed by atoms with Crippen LogP contribution in [0.1, 0.15) is 6.42 Å². The molecule has 0 aliphatic carbocycles. The molecule has 4 nitrogen and oxygen atoms in total. The zero-order chi connectivity index (χ0) is 8.27. The van der Waals surface area contributed by atoms with Crippen molar-refractivity contribution in [3.8, 4) is 0 Å². The lowest BCUT2D eigenvalue weighted by molar-refractivity contribution is -0.123. The molecule has 2 atom stereocenters. The van der Waals surface area contributed by atoms with Crippen LogP contribution in [0.15, 0.2) is 12.7 Å². The van der Waals surface area contributed by atoms with Crippen LogP contribution in [-0.4, -0.2) is 24.4 Å². The largest absolute Gasteiger partial charge is 0.348 e. The van der Waals surface area contributed by atoms with E-state index in [4.69, 9.17) is 0 Å². The van der Waals surface area contributed by atoms with Gasteiger partial charge in [0.15, 0.2) is 0 Å². The van der Waals surface area contributed by atoms with Crippen molar-refractivity contribution in [2.24, 2.45) is 0 Å². The van der Waals surface area contributed by atoms with E-state index in [1.54, 1.807) is 6.08 Å². The molecule has 1 rings (SSSR count). The molecule has 2 unspecified atom stereocenters. The summed E-state index contributed by atoms with van der Waals surface area (Å²) >= 11 is 0. The second-order valence-electron chi connectivity index (χ2n) is 2.42. The summed E-state index contributed by atoms with van der Waals surface area (Å²) in [5.74, 6) is -0.137. The molecular weight excluding hydrogens is 144 g/mol. The van der Waals surface area contributed by atoms with Crippen molar-refractivity contribution in [3.05, 3.63) is 12.7 Å². The smallest absolute Gasteiger partial charge is 0.243 e. The number of nitrogens with one attached hydrogen (secondary N) is 2. The maximum atomic E-state index is 11.0. The molecule has 4 heteroatoms. The summed E-state index contributed by atoms with van der Waals surface area (Å²) in [5.41, 5.74) is 0. The Morgan fingerprint density at radius 3 is 2.91 bits per heavy atom. The molecule has 1 aliphatic heterocycles. The van der Waals surface area contributed by atoms with E-state index < -0.39 is 0 Å². The van der Waals surface area contributed by atoms with E-state index in [1.165, 1.54) is 0 Å². The van der Waals surface area contributed by atoms with Crippen LogP contribution < -0.4 is 10.6 Å². The van der Waals surface area contributed by atoms with Crippen LogP contribution in [0.3, 0.4) is 0 Å². The minimum absolute atomic E-state index is 0.0000463. The summed E-state index contributed by atoms with van der Waals surface area (Å²) in [6, 6.07) is -0.379. The van der Waals surface area contributed by atoms with Gasteiger partial charge in [-0.15, -0.1) is 6.58 Å². The van der Waals surface area contributed by atoms with Gasteiger partial charge in [0.25, 0.3) is 0 Å². The van der Waals surface area contributed by atoms with Gasteiger partial charge in [0.05, 0.1) is 0 Å². The zero-order valence-electron chi connectivity index (χ0n) is 6.04. The van der Waals surface area contributed by atoms with E-state index in [1.807, 2.05) is 0 Å². The molecule has 0 aromatic heterocycles. The fraction of sp³-hybridized carbons (Fsp3) is 0.429. The molecule has 1 aliphatic rings. The number of hydrogen-bond acceptors (Lipinski definition) is 2. The summed E-state index contributed by atoms with van der Waals surface area (Å²) in [6.45, 7) is 3.54. The second-order valence-corrected chi connectivity index (χ2v) is 2.42. The molecule has 0 saturated carbocycles. The molecule has 11 heavy (non-hydrogen) atoms. The molecule has 0 aromatic carbocycles. The van der Waals surface area contributed by atoms with Crippen molar-refractivity contribution < 1.29 is 9.59 Å². The number of hydrogen-bond donors (Lipinski definition) is 2. The van der Waals surface area contributed by atoms with Crippen molar-refractivity contribution >= 4 is 12.3 Å². The van der Waals surface area contributed by atoms with Gasteiger partial charge in [-0.3, -0.25) is 9.59 Å². The van der Waals surface area contributed by atoms with Crippen LogP contribution in [0, 0.1) is 0 Å². The molecule has 1 heterocycles. The second kappa shape index (κ2) is 3.18. The average Bonchev–Trinajstić information content (AvgIpc) is 2.33. The lowest BCUT2D eigenvalue weighted by atomic mass is 10.2. The van der Waals surface area contributed by atoms with E-state index >= 15 is 0 Å². The Morgan fingerprint density at radius 2 is 2.45 bits per heavy atom. The molecular formula is C7H10N2O2. The third-order valence-corrected chi connectivity index (χ3v) is 1.69. The van der Waals surface area contributed by atoms with E-state index in [2.05, 4.69) is 17.2 Å². The van der Waals surface area contributed by atoms with Gasteiger partial charge >= 0.3 is 0 Å². The number of rotatable bonds is 3. The number of carbonyl (C=O) groups is 2. The third kappa shape index (κ3) is 1.58. The van der Waals surface area contributed by atoms with Gasteiger partial charge < -0.3 is 10.6 Å². The minimum atomic E-state index is -0.379. The van der Waals surface area contributed by atoms with Crippen LogP contribution in [0.2, 0.25) is 0 Å². The molecule has 2 N–H and O–H groups in total. The first-order valence-corrected chi connectivity index (χ1v) is 3.40. The van der Waals surface area contributed by atoms with Crippen LogP contribution >= 0.6 is 0 Å².